The molecule has 0 saturated carbocycles. The third kappa shape index (κ3) is 3.45. The molecule has 1 amide bonds. The lowest BCUT2D eigenvalue weighted by atomic mass is 9.86. The normalized spacial score (nSPS) is 16.1. The number of hydrogen-bond donors (Lipinski definition) is 1. The molecule has 1 aromatic carbocycles. The van der Waals surface area contributed by atoms with E-state index in [0.717, 1.165) is 36.1 Å². The van der Waals surface area contributed by atoms with E-state index in [1.807, 2.05) is 18.2 Å². The highest BCUT2D eigenvalue weighted by atomic mass is 16.5. The van der Waals surface area contributed by atoms with Crippen molar-refractivity contribution in [2.45, 2.75) is 31.7 Å². The summed E-state index contributed by atoms with van der Waals surface area (Å²) in [4.78, 5) is 28.5. The van der Waals surface area contributed by atoms with Crippen LogP contribution in [0.2, 0.25) is 0 Å². The Bertz CT molecular complexity index is 758. The number of aryl methyl sites for hydroxylation is 1. The number of amides is 1. The number of pyridine rings is 1. The molecular formula is C19H20N2O3. The van der Waals surface area contributed by atoms with E-state index in [2.05, 4.69) is 10.3 Å². The topological polar surface area (TPSA) is 68.3 Å². The van der Waals surface area contributed by atoms with Crippen LogP contribution >= 0.6 is 0 Å². The second-order valence-electron chi connectivity index (χ2n) is 5.90. The average molecular weight is 324 g/mol. The summed E-state index contributed by atoms with van der Waals surface area (Å²) in [5.41, 5.74) is 3.40. The summed E-state index contributed by atoms with van der Waals surface area (Å²) in [6, 6.07) is 11.0. The van der Waals surface area contributed by atoms with Gasteiger partial charge in [0.15, 0.2) is 0 Å². The Kier molecular flexibility index (Phi) is 4.89. The van der Waals surface area contributed by atoms with Crippen molar-refractivity contribution in [2.75, 3.05) is 7.11 Å². The second kappa shape index (κ2) is 7.25. The average Bonchev–Trinajstić information content (AvgIpc) is 2.65. The number of rotatable bonds is 4. The van der Waals surface area contributed by atoms with E-state index < -0.39 is 0 Å². The van der Waals surface area contributed by atoms with E-state index in [1.54, 1.807) is 24.4 Å². The van der Waals surface area contributed by atoms with Crippen LogP contribution in [0.25, 0.3) is 0 Å². The first-order valence-corrected chi connectivity index (χ1v) is 8.08. The fourth-order valence-electron chi connectivity index (χ4n) is 3.10. The van der Waals surface area contributed by atoms with Gasteiger partial charge in [0.2, 0.25) is 5.91 Å². The molecule has 0 radical (unpaired) electrons. The Morgan fingerprint density at radius 3 is 3.00 bits per heavy atom. The number of ether oxygens (including phenoxy) is 1. The van der Waals surface area contributed by atoms with Crippen LogP contribution in [0.3, 0.4) is 0 Å². The molecule has 3 rings (SSSR count). The van der Waals surface area contributed by atoms with Crippen LogP contribution < -0.4 is 5.32 Å². The molecule has 0 saturated heterocycles. The van der Waals surface area contributed by atoms with Crippen molar-refractivity contribution in [2.24, 2.45) is 0 Å². The summed E-state index contributed by atoms with van der Waals surface area (Å²) < 4.78 is 4.72. The van der Waals surface area contributed by atoms with Crippen LogP contribution in [0.15, 0.2) is 42.6 Å². The molecule has 5 nitrogen and oxygen atoms in total. The van der Waals surface area contributed by atoms with Crippen molar-refractivity contribution in [1.29, 1.82) is 0 Å². The molecule has 1 atom stereocenters. The number of esters is 1. The Hall–Kier alpha value is -2.69. The Labute approximate surface area is 141 Å². The van der Waals surface area contributed by atoms with Gasteiger partial charge in [0, 0.05) is 12.7 Å². The first kappa shape index (κ1) is 16.2. The number of carbonyl (C=O) groups is 2. The molecular weight excluding hydrogens is 304 g/mol. The summed E-state index contributed by atoms with van der Waals surface area (Å²) >= 11 is 0. The summed E-state index contributed by atoms with van der Waals surface area (Å²) in [7, 11) is 1.35. The number of hydrogen-bond acceptors (Lipinski definition) is 4. The second-order valence-corrected chi connectivity index (χ2v) is 5.90. The van der Waals surface area contributed by atoms with Gasteiger partial charge < -0.3 is 10.1 Å². The number of methoxy groups -OCH3 is 1. The fraction of sp³-hybridized carbons (Fsp3) is 0.316. The van der Waals surface area contributed by atoms with Gasteiger partial charge in [-0.05, 0) is 48.6 Å². The number of fused-ring (bicyclic) bond motifs is 1. The molecule has 1 unspecified atom stereocenters. The number of nitrogens with one attached hydrogen (secondary N) is 1. The van der Waals surface area contributed by atoms with Gasteiger partial charge in [-0.15, -0.1) is 0 Å². The number of carbonyl (C=O) groups excluding carboxylic acids is 2. The highest BCUT2D eigenvalue weighted by Gasteiger charge is 2.27. The van der Waals surface area contributed by atoms with Gasteiger partial charge in [0.25, 0.3) is 0 Å². The number of aromatic nitrogens is 1. The smallest absolute Gasteiger partial charge is 0.337 e. The van der Waals surface area contributed by atoms with Crippen molar-refractivity contribution in [3.63, 3.8) is 0 Å². The maximum Gasteiger partial charge on any atom is 0.337 e. The molecule has 1 heterocycles. The molecule has 0 aliphatic heterocycles. The van der Waals surface area contributed by atoms with Gasteiger partial charge in [0.1, 0.15) is 0 Å². The van der Waals surface area contributed by atoms with Crippen molar-refractivity contribution >= 4 is 11.9 Å². The largest absolute Gasteiger partial charge is 0.465 e. The van der Waals surface area contributed by atoms with E-state index >= 15 is 0 Å². The van der Waals surface area contributed by atoms with Crippen molar-refractivity contribution in [3.05, 3.63) is 65.0 Å². The maximum absolute atomic E-state index is 12.6. The molecule has 1 aliphatic rings. The van der Waals surface area contributed by atoms with Gasteiger partial charge in [-0.3, -0.25) is 9.78 Å². The standard InChI is InChI=1S/C19H20N2O3/c1-24-19(23)15-7-2-5-13(11-15)12-21-18(22)16-9-3-6-14-8-4-10-20-17(14)16/h2,4-5,7-8,10-11,16H,3,6,9,12H2,1H3,(H,21,22). The highest BCUT2D eigenvalue weighted by Crippen LogP contribution is 2.29. The zero-order valence-electron chi connectivity index (χ0n) is 13.6. The predicted octanol–water partition coefficient (Wildman–Crippen LogP) is 2.60. The van der Waals surface area contributed by atoms with Gasteiger partial charge in [-0.1, -0.05) is 18.2 Å². The molecule has 124 valence electrons. The molecule has 0 fully saturated rings. The van der Waals surface area contributed by atoms with Crippen LogP contribution in [0.4, 0.5) is 0 Å². The van der Waals surface area contributed by atoms with E-state index in [4.69, 9.17) is 4.74 Å². The molecule has 1 aliphatic carbocycles. The van der Waals surface area contributed by atoms with Crippen LogP contribution in [0, 0.1) is 0 Å². The van der Waals surface area contributed by atoms with Crippen LogP contribution in [0.1, 0.15) is 45.9 Å². The van der Waals surface area contributed by atoms with Crippen LogP contribution in [-0.4, -0.2) is 24.0 Å². The van der Waals surface area contributed by atoms with Gasteiger partial charge >= 0.3 is 5.97 Å². The minimum atomic E-state index is -0.381. The van der Waals surface area contributed by atoms with Gasteiger partial charge in [0.05, 0.1) is 24.3 Å². The van der Waals surface area contributed by atoms with Gasteiger partial charge in [-0.2, -0.15) is 0 Å². The highest BCUT2D eigenvalue weighted by molar-refractivity contribution is 5.89. The van der Waals surface area contributed by atoms with Crippen LogP contribution in [0.5, 0.6) is 0 Å². The lowest BCUT2D eigenvalue weighted by Gasteiger charge is -2.23. The minimum Gasteiger partial charge on any atom is -0.465 e. The molecule has 24 heavy (non-hydrogen) atoms. The summed E-state index contributed by atoms with van der Waals surface area (Å²) in [6.07, 6.45) is 4.53. The molecule has 0 spiro atoms. The third-order valence-electron chi connectivity index (χ3n) is 4.33. The van der Waals surface area contributed by atoms with E-state index in [1.165, 1.54) is 7.11 Å². The molecule has 5 heteroatoms. The van der Waals surface area contributed by atoms with E-state index in [-0.39, 0.29) is 17.8 Å². The number of nitrogens with zero attached hydrogens (tertiary/aromatic N) is 1. The predicted molar refractivity (Wildman–Crippen MR) is 89.5 cm³/mol. The number of benzene rings is 1. The molecule has 1 aromatic heterocycles. The first-order chi connectivity index (χ1) is 11.7. The summed E-state index contributed by atoms with van der Waals surface area (Å²) in [6.45, 7) is 0.377. The van der Waals surface area contributed by atoms with Crippen molar-refractivity contribution < 1.29 is 14.3 Å². The third-order valence-corrected chi connectivity index (χ3v) is 4.33. The fourth-order valence-corrected chi connectivity index (χ4v) is 3.10. The summed E-state index contributed by atoms with van der Waals surface area (Å²) in [5, 5.41) is 2.96. The van der Waals surface area contributed by atoms with Crippen LogP contribution in [-0.2, 0) is 22.5 Å². The Morgan fingerprint density at radius 1 is 1.29 bits per heavy atom. The van der Waals surface area contributed by atoms with Crippen molar-refractivity contribution in [1.82, 2.24) is 10.3 Å². The SMILES string of the molecule is COC(=O)c1cccc(CNC(=O)C2CCCc3cccnc32)c1. The zero-order valence-corrected chi connectivity index (χ0v) is 13.6. The van der Waals surface area contributed by atoms with E-state index in [9.17, 15) is 9.59 Å². The molecule has 1 N–H and O–H groups in total. The summed E-state index contributed by atoms with van der Waals surface area (Å²) in [5.74, 6) is -0.592. The minimum absolute atomic E-state index is 0.0156. The lowest BCUT2D eigenvalue weighted by molar-refractivity contribution is -0.123. The Balaban J connectivity index is 1.68. The monoisotopic (exact) mass is 324 g/mol. The maximum atomic E-state index is 12.6. The quantitative estimate of drug-likeness (QED) is 0.878. The molecule has 2 aromatic rings. The van der Waals surface area contributed by atoms with Crippen molar-refractivity contribution in [3.8, 4) is 0 Å². The zero-order chi connectivity index (χ0) is 16.9. The Morgan fingerprint density at radius 2 is 2.17 bits per heavy atom. The lowest BCUT2D eigenvalue weighted by Crippen LogP contribution is -2.31. The van der Waals surface area contributed by atoms with E-state index in [0.29, 0.717) is 12.1 Å². The first-order valence-electron chi connectivity index (χ1n) is 8.08. The molecule has 0 bridgehead atoms. The van der Waals surface area contributed by atoms with Gasteiger partial charge in [-0.25, -0.2) is 4.79 Å².